The third-order valence-corrected chi connectivity index (χ3v) is 4.06. The lowest BCUT2D eigenvalue weighted by atomic mass is 10.1. The monoisotopic (exact) mass is 365 g/mol. The van der Waals surface area contributed by atoms with E-state index in [1.807, 2.05) is 6.07 Å². The minimum Gasteiger partial charge on any atom is -0.306 e. The maximum absolute atomic E-state index is 12.5. The second-order valence-electron chi connectivity index (χ2n) is 5.74. The number of aryl methyl sites for hydroxylation is 1. The number of Topliss-reactive ketones (excluding diaryl/α,β-unsaturated/α-hetero) is 1. The molecule has 3 rings (SSSR count). The van der Waals surface area contributed by atoms with Gasteiger partial charge in [-0.3, -0.25) is 9.59 Å². The van der Waals surface area contributed by atoms with Crippen LogP contribution in [0.25, 0.3) is 11.4 Å². The fourth-order valence-corrected chi connectivity index (χ4v) is 2.71. The molecule has 1 amide bonds. The number of benzene rings is 2. The summed E-state index contributed by atoms with van der Waals surface area (Å²) < 4.78 is 0. The van der Waals surface area contributed by atoms with Gasteiger partial charge in [0.25, 0.3) is 5.91 Å². The van der Waals surface area contributed by atoms with Gasteiger partial charge in [0.2, 0.25) is 0 Å². The highest BCUT2D eigenvalue weighted by Gasteiger charge is 2.19. The van der Waals surface area contributed by atoms with E-state index < -0.39 is 0 Å². The van der Waals surface area contributed by atoms with Crippen LogP contribution in [0.4, 0.5) is 5.82 Å². The van der Waals surface area contributed by atoms with E-state index >= 15 is 0 Å². The van der Waals surface area contributed by atoms with E-state index in [0.29, 0.717) is 27.7 Å². The number of ketones is 1. The van der Waals surface area contributed by atoms with Crippen molar-refractivity contribution >= 4 is 29.1 Å². The third-order valence-electron chi connectivity index (χ3n) is 3.81. The van der Waals surface area contributed by atoms with Crippen LogP contribution in [0, 0.1) is 6.92 Å². The van der Waals surface area contributed by atoms with Gasteiger partial charge in [-0.1, -0.05) is 29.8 Å². The lowest BCUT2D eigenvalue weighted by Crippen LogP contribution is -2.17. The van der Waals surface area contributed by atoms with E-state index in [1.54, 1.807) is 55.5 Å². The van der Waals surface area contributed by atoms with Gasteiger partial charge in [-0.2, -0.15) is 0 Å². The van der Waals surface area contributed by atoms with E-state index in [2.05, 4.69) is 15.3 Å². The van der Waals surface area contributed by atoms with E-state index in [9.17, 15) is 9.59 Å². The molecule has 0 saturated carbocycles. The summed E-state index contributed by atoms with van der Waals surface area (Å²) in [7, 11) is 0. The first-order chi connectivity index (χ1) is 12.5. The van der Waals surface area contributed by atoms with Gasteiger partial charge in [-0.05, 0) is 50.2 Å². The highest BCUT2D eigenvalue weighted by atomic mass is 35.5. The Labute approximate surface area is 156 Å². The normalized spacial score (nSPS) is 10.4. The Hall–Kier alpha value is -3.05. The van der Waals surface area contributed by atoms with Crippen LogP contribution >= 0.6 is 11.6 Å². The van der Waals surface area contributed by atoms with Crippen molar-refractivity contribution in [1.82, 2.24) is 9.97 Å². The van der Waals surface area contributed by atoms with Gasteiger partial charge in [-0.25, -0.2) is 9.97 Å². The van der Waals surface area contributed by atoms with E-state index in [4.69, 9.17) is 11.6 Å². The molecule has 5 nitrogen and oxygen atoms in total. The minimum atomic E-state index is -0.340. The first kappa shape index (κ1) is 17.8. The van der Waals surface area contributed by atoms with Gasteiger partial charge in [0.05, 0.1) is 11.3 Å². The molecule has 6 heteroatoms. The number of nitrogens with zero attached hydrogens (tertiary/aromatic N) is 2. The summed E-state index contributed by atoms with van der Waals surface area (Å²) in [6.45, 7) is 3.14. The van der Waals surface area contributed by atoms with Crippen molar-refractivity contribution < 1.29 is 9.59 Å². The molecule has 0 saturated heterocycles. The molecule has 0 fully saturated rings. The lowest BCUT2D eigenvalue weighted by molar-refractivity contribution is 0.101. The number of carbonyl (C=O) groups is 2. The highest BCUT2D eigenvalue weighted by Crippen LogP contribution is 2.24. The van der Waals surface area contributed by atoms with Crippen molar-refractivity contribution in [3.05, 3.63) is 76.4 Å². The number of halogens is 1. The standard InChI is InChI=1S/C20H16ClN3O2/c1-12-17(13(2)25)19(24-20(26)15-6-4-3-5-7-15)23-18(22-12)14-8-10-16(21)11-9-14/h3-11H,1-2H3,(H,22,23,24,26). The molecule has 0 atom stereocenters. The van der Waals surface area contributed by atoms with Crippen molar-refractivity contribution in [2.75, 3.05) is 5.32 Å². The molecule has 3 aromatic rings. The van der Waals surface area contributed by atoms with Crippen LogP contribution in [0.1, 0.15) is 33.3 Å². The zero-order chi connectivity index (χ0) is 18.7. The number of anilines is 1. The van der Waals surface area contributed by atoms with Crippen molar-refractivity contribution in [3.63, 3.8) is 0 Å². The second-order valence-corrected chi connectivity index (χ2v) is 6.18. The summed E-state index contributed by atoms with van der Waals surface area (Å²) in [4.78, 5) is 33.4. The number of nitrogens with one attached hydrogen (secondary N) is 1. The Morgan fingerprint density at radius 1 is 0.962 bits per heavy atom. The molecule has 0 unspecified atom stereocenters. The zero-order valence-corrected chi connectivity index (χ0v) is 15.0. The molecular formula is C20H16ClN3O2. The molecule has 2 aromatic carbocycles. The lowest BCUT2D eigenvalue weighted by Gasteiger charge is -2.12. The Balaban J connectivity index is 2.05. The smallest absolute Gasteiger partial charge is 0.256 e. The Kier molecular flexibility index (Phi) is 5.09. The van der Waals surface area contributed by atoms with Gasteiger partial charge in [-0.15, -0.1) is 0 Å². The number of aromatic nitrogens is 2. The summed E-state index contributed by atoms with van der Waals surface area (Å²) in [5.41, 5.74) is 2.02. The van der Waals surface area contributed by atoms with Crippen LogP contribution in [-0.4, -0.2) is 21.7 Å². The molecule has 1 aromatic heterocycles. The summed E-state index contributed by atoms with van der Waals surface area (Å²) in [5.74, 6) is 0.0538. The van der Waals surface area contributed by atoms with Gasteiger partial charge in [0.15, 0.2) is 11.6 Å². The van der Waals surface area contributed by atoms with Gasteiger partial charge >= 0.3 is 0 Å². The molecule has 0 bridgehead atoms. The number of hydrogen-bond acceptors (Lipinski definition) is 4. The quantitative estimate of drug-likeness (QED) is 0.688. The molecular weight excluding hydrogens is 350 g/mol. The fraction of sp³-hybridized carbons (Fsp3) is 0.100. The van der Waals surface area contributed by atoms with Crippen LogP contribution in [0.2, 0.25) is 5.02 Å². The first-order valence-corrected chi connectivity index (χ1v) is 8.35. The van der Waals surface area contributed by atoms with Crippen molar-refractivity contribution in [2.24, 2.45) is 0 Å². The largest absolute Gasteiger partial charge is 0.306 e. The second kappa shape index (κ2) is 7.45. The fourth-order valence-electron chi connectivity index (χ4n) is 2.58. The predicted octanol–water partition coefficient (Wildman–Crippen LogP) is 4.56. The topological polar surface area (TPSA) is 72.0 Å². The molecule has 1 N–H and O–H groups in total. The Morgan fingerprint density at radius 2 is 1.62 bits per heavy atom. The van der Waals surface area contributed by atoms with Gasteiger partial charge in [0, 0.05) is 16.1 Å². The minimum absolute atomic E-state index is 0.198. The summed E-state index contributed by atoms with van der Waals surface area (Å²) >= 11 is 5.92. The summed E-state index contributed by atoms with van der Waals surface area (Å²) in [6, 6.07) is 15.8. The number of rotatable bonds is 4. The average molecular weight is 366 g/mol. The van der Waals surface area contributed by atoms with Crippen LogP contribution < -0.4 is 5.32 Å². The summed E-state index contributed by atoms with van der Waals surface area (Å²) in [6.07, 6.45) is 0. The first-order valence-electron chi connectivity index (χ1n) is 7.97. The Bertz CT molecular complexity index is 970. The maximum atomic E-state index is 12.5. The number of carbonyl (C=O) groups excluding carboxylic acids is 2. The highest BCUT2D eigenvalue weighted by molar-refractivity contribution is 6.30. The average Bonchev–Trinajstić information content (AvgIpc) is 2.62. The van der Waals surface area contributed by atoms with Crippen molar-refractivity contribution in [3.8, 4) is 11.4 Å². The molecule has 1 heterocycles. The molecule has 0 aliphatic carbocycles. The SMILES string of the molecule is CC(=O)c1c(C)nc(-c2ccc(Cl)cc2)nc1NC(=O)c1ccccc1. The van der Waals surface area contributed by atoms with E-state index in [1.165, 1.54) is 6.92 Å². The summed E-state index contributed by atoms with van der Waals surface area (Å²) in [5, 5.41) is 3.33. The van der Waals surface area contributed by atoms with Crippen LogP contribution in [0.5, 0.6) is 0 Å². The molecule has 130 valence electrons. The zero-order valence-electron chi connectivity index (χ0n) is 14.3. The third kappa shape index (κ3) is 3.78. The number of amides is 1. The van der Waals surface area contributed by atoms with E-state index in [0.717, 1.165) is 5.56 Å². The van der Waals surface area contributed by atoms with E-state index in [-0.39, 0.29) is 17.5 Å². The van der Waals surface area contributed by atoms with Crippen molar-refractivity contribution in [1.29, 1.82) is 0 Å². The van der Waals surface area contributed by atoms with Gasteiger partial charge < -0.3 is 5.32 Å². The Morgan fingerprint density at radius 3 is 2.23 bits per heavy atom. The molecule has 0 aliphatic rings. The number of hydrogen-bond donors (Lipinski definition) is 1. The molecule has 0 aliphatic heterocycles. The predicted molar refractivity (Wildman–Crippen MR) is 102 cm³/mol. The molecule has 0 radical (unpaired) electrons. The van der Waals surface area contributed by atoms with Gasteiger partial charge in [0.1, 0.15) is 5.82 Å². The molecule has 0 spiro atoms. The van der Waals surface area contributed by atoms with Crippen LogP contribution in [0.15, 0.2) is 54.6 Å². The van der Waals surface area contributed by atoms with Crippen LogP contribution in [0.3, 0.4) is 0 Å². The van der Waals surface area contributed by atoms with Crippen molar-refractivity contribution in [2.45, 2.75) is 13.8 Å². The maximum Gasteiger partial charge on any atom is 0.256 e. The molecule has 26 heavy (non-hydrogen) atoms. The van der Waals surface area contributed by atoms with Crippen LogP contribution in [-0.2, 0) is 0 Å².